The fourth-order valence-corrected chi connectivity index (χ4v) is 1.78. The average Bonchev–Trinajstić information content (AvgIpc) is 2.14. The number of rotatable bonds is 3. The Morgan fingerprint density at radius 1 is 1.00 bits per heavy atom. The molecule has 6 nitrogen and oxygen atoms in total. The van der Waals surface area contributed by atoms with E-state index in [-0.39, 0.29) is 0 Å². The van der Waals surface area contributed by atoms with E-state index >= 15 is 0 Å². The van der Waals surface area contributed by atoms with E-state index in [9.17, 15) is 30.0 Å². The summed E-state index contributed by atoms with van der Waals surface area (Å²) >= 11 is 0. The van der Waals surface area contributed by atoms with Gasteiger partial charge in [0.1, 0.15) is 5.75 Å². The first-order chi connectivity index (χ1) is 7.93. The Balaban J connectivity index is 3.03. The van der Waals surface area contributed by atoms with E-state index in [1.165, 1.54) is 0 Å². The molecular formula is C7H5F3O6S2. The van der Waals surface area contributed by atoms with Crippen LogP contribution in [0.15, 0.2) is 29.2 Å². The highest BCUT2D eigenvalue weighted by Crippen LogP contribution is 2.27. The quantitative estimate of drug-likeness (QED) is 0.511. The van der Waals surface area contributed by atoms with E-state index in [0.29, 0.717) is 24.3 Å². The Bertz CT molecular complexity index is 629. The fraction of sp³-hybridized carbons (Fsp3) is 0.143. The monoisotopic (exact) mass is 306 g/mol. The maximum absolute atomic E-state index is 11.9. The summed E-state index contributed by atoms with van der Waals surface area (Å²) in [7, 11) is -10.3. The summed E-state index contributed by atoms with van der Waals surface area (Å²) in [5.74, 6) is -0.736. The Labute approximate surface area is 99.9 Å². The summed E-state index contributed by atoms with van der Waals surface area (Å²) < 4.78 is 90.5. The molecule has 0 atom stereocenters. The van der Waals surface area contributed by atoms with Crippen molar-refractivity contribution in [2.24, 2.45) is 0 Å². The topological polar surface area (TPSA) is 97.7 Å². The minimum absolute atomic E-state index is 0.612. The van der Waals surface area contributed by atoms with Crippen LogP contribution in [-0.2, 0) is 20.2 Å². The number of hydrogen-bond acceptors (Lipinski definition) is 5. The third-order valence-corrected chi connectivity index (χ3v) is 3.46. The van der Waals surface area contributed by atoms with Gasteiger partial charge in [0.25, 0.3) is 10.1 Å². The van der Waals surface area contributed by atoms with Gasteiger partial charge >= 0.3 is 15.6 Å². The summed E-state index contributed by atoms with van der Waals surface area (Å²) in [6.45, 7) is 0. The summed E-state index contributed by atoms with van der Waals surface area (Å²) in [4.78, 5) is -0.612. The van der Waals surface area contributed by atoms with Crippen molar-refractivity contribution in [3.8, 4) is 5.75 Å². The summed E-state index contributed by atoms with van der Waals surface area (Å²) in [5, 5.41) is 0. The normalized spacial score (nSPS) is 13.3. The van der Waals surface area contributed by atoms with Gasteiger partial charge in [-0.3, -0.25) is 4.55 Å². The van der Waals surface area contributed by atoms with Gasteiger partial charge in [0.15, 0.2) is 0 Å². The van der Waals surface area contributed by atoms with Crippen LogP contribution in [-0.4, -0.2) is 26.9 Å². The SMILES string of the molecule is O=S(=O)(O)c1ccc(OS(=O)(=O)C(F)(F)F)cc1. The van der Waals surface area contributed by atoms with Crippen LogP contribution in [0.25, 0.3) is 0 Å². The molecule has 0 unspecified atom stereocenters. The molecule has 1 N–H and O–H groups in total. The molecule has 0 aliphatic heterocycles. The molecule has 0 radical (unpaired) electrons. The first-order valence-corrected chi connectivity index (χ1v) is 6.86. The Kier molecular flexibility index (Phi) is 3.60. The molecule has 0 aromatic heterocycles. The molecule has 1 rings (SSSR count). The predicted molar refractivity (Wildman–Crippen MR) is 51.9 cm³/mol. The maximum Gasteiger partial charge on any atom is 0.534 e. The zero-order chi connectivity index (χ0) is 14.2. The molecule has 0 bridgehead atoms. The lowest BCUT2D eigenvalue weighted by Crippen LogP contribution is -2.28. The number of alkyl halides is 3. The van der Waals surface area contributed by atoms with Crippen LogP contribution in [0.3, 0.4) is 0 Å². The molecule has 1 aromatic rings. The van der Waals surface area contributed by atoms with Crippen LogP contribution in [0.5, 0.6) is 5.75 Å². The molecule has 0 heterocycles. The molecular weight excluding hydrogens is 301 g/mol. The van der Waals surface area contributed by atoms with Gasteiger partial charge in [-0.25, -0.2) is 0 Å². The molecule has 0 aliphatic carbocycles. The molecule has 0 spiro atoms. The van der Waals surface area contributed by atoms with E-state index in [4.69, 9.17) is 4.55 Å². The van der Waals surface area contributed by atoms with Crippen molar-refractivity contribution in [1.29, 1.82) is 0 Å². The second-order valence-electron chi connectivity index (χ2n) is 2.93. The van der Waals surface area contributed by atoms with Crippen molar-refractivity contribution in [1.82, 2.24) is 0 Å². The van der Waals surface area contributed by atoms with Gasteiger partial charge < -0.3 is 4.18 Å². The molecule has 11 heteroatoms. The van der Waals surface area contributed by atoms with Gasteiger partial charge in [-0.2, -0.15) is 30.0 Å². The zero-order valence-corrected chi connectivity index (χ0v) is 9.88. The molecule has 1 aromatic carbocycles. The van der Waals surface area contributed by atoms with Crippen molar-refractivity contribution in [3.05, 3.63) is 24.3 Å². The fourth-order valence-electron chi connectivity index (χ4n) is 0.841. The summed E-state index contributed by atoms with van der Waals surface area (Å²) in [5.41, 5.74) is -5.59. The van der Waals surface area contributed by atoms with E-state index in [0.717, 1.165) is 0 Å². The first-order valence-electron chi connectivity index (χ1n) is 4.02. The molecule has 0 fully saturated rings. The minimum Gasteiger partial charge on any atom is -0.376 e. The van der Waals surface area contributed by atoms with Gasteiger partial charge in [-0.15, -0.1) is 0 Å². The number of halogens is 3. The van der Waals surface area contributed by atoms with Crippen molar-refractivity contribution in [2.45, 2.75) is 10.4 Å². The smallest absolute Gasteiger partial charge is 0.376 e. The number of benzene rings is 1. The predicted octanol–water partition coefficient (Wildman–Crippen LogP) is 1.16. The standard InChI is InChI=1S/C7H5F3O6S2/c8-7(9,10)18(14,15)16-5-1-3-6(4-2-5)17(11,12)13/h1-4H,(H,11,12,13). The molecule has 0 aliphatic rings. The van der Waals surface area contributed by atoms with Crippen molar-refractivity contribution < 1.29 is 38.7 Å². The minimum atomic E-state index is -5.81. The highest BCUT2D eigenvalue weighted by molar-refractivity contribution is 7.88. The lowest BCUT2D eigenvalue weighted by atomic mass is 10.3. The van der Waals surface area contributed by atoms with Crippen LogP contribution in [0, 0.1) is 0 Å². The van der Waals surface area contributed by atoms with Gasteiger partial charge in [-0.05, 0) is 24.3 Å². The van der Waals surface area contributed by atoms with Crippen molar-refractivity contribution in [3.63, 3.8) is 0 Å². The van der Waals surface area contributed by atoms with Gasteiger partial charge in [0, 0.05) is 0 Å². The highest BCUT2D eigenvalue weighted by Gasteiger charge is 2.48. The lowest BCUT2D eigenvalue weighted by Gasteiger charge is -2.09. The summed E-state index contributed by atoms with van der Waals surface area (Å²) in [6.07, 6.45) is 0. The highest BCUT2D eigenvalue weighted by atomic mass is 32.2. The first kappa shape index (κ1) is 14.7. The number of hydrogen-bond donors (Lipinski definition) is 1. The molecule has 18 heavy (non-hydrogen) atoms. The molecule has 0 amide bonds. The molecule has 102 valence electrons. The van der Waals surface area contributed by atoms with Gasteiger partial charge in [0.05, 0.1) is 4.90 Å². The van der Waals surface area contributed by atoms with Gasteiger partial charge in [0.2, 0.25) is 0 Å². The van der Waals surface area contributed by atoms with Crippen LogP contribution in [0.1, 0.15) is 0 Å². The summed E-state index contributed by atoms with van der Waals surface area (Å²) in [6, 6.07) is 2.70. The van der Waals surface area contributed by atoms with Crippen LogP contribution in [0.4, 0.5) is 13.2 Å². The third-order valence-electron chi connectivity index (χ3n) is 1.61. The second-order valence-corrected chi connectivity index (χ2v) is 5.89. The van der Waals surface area contributed by atoms with Crippen LogP contribution in [0.2, 0.25) is 0 Å². The molecule has 0 saturated heterocycles. The maximum atomic E-state index is 11.9. The van der Waals surface area contributed by atoms with E-state index in [2.05, 4.69) is 4.18 Å². The average molecular weight is 306 g/mol. The van der Waals surface area contributed by atoms with E-state index < -0.39 is 36.4 Å². The van der Waals surface area contributed by atoms with E-state index in [1.807, 2.05) is 0 Å². The van der Waals surface area contributed by atoms with Crippen LogP contribution < -0.4 is 4.18 Å². The van der Waals surface area contributed by atoms with Crippen molar-refractivity contribution in [2.75, 3.05) is 0 Å². The van der Waals surface area contributed by atoms with E-state index in [1.54, 1.807) is 0 Å². The van der Waals surface area contributed by atoms with Gasteiger partial charge in [-0.1, -0.05) is 0 Å². The molecule has 0 saturated carbocycles. The Morgan fingerprint density at radius 3 is 1.78 bits per heavy atom. The second kappa shape index (κ2) is 4.40. The Hall–Kier alpha value is -1.33. The largest absolute Gasteiger partial charge is 0.534 e. The van der Waals surface area contributed by atoms with Crippen molar-refractivity contribution >= 4 is 20.2 Å². The zero-order valence-electron chi connectivity index (χ0n) is 8.25. The lowest BCUT2D eigenvalue weighted by molar-refractivity contribution is -0.0500. The third kappa shape index (κ3) is 3.34. The Morgan fingerprint density at radius 2 is 1.44 bits per heavy atom. The van der Waals surface area contributed by atoms with Crippen LogP contribution >= 0.6 is 0 Å².